The van der Waals surface area contributed by atoms with Crippen molar-refractivity contribution in [2.45, 2.75) is 49.3 Å². The van der Waals surface area contributed by atoms with Crippen LogP contribution < -0.4 is 22.9 Å². The Morgan fingerprint density at radius 3 is 1.54 bits per heavy atom. The SMILES string of the molecule is CC(N)(CC(N)(CC(N)(CC(N)[N+](=O)[O-])[N+](=O)[O-])[N+](=O)[O-])[N+](=O)[O-]. The fourth-order valence-electron chi connectivity index (χ4n) is 2.05. The van der Waals surface area contributed by atoms with Gasteiger partial charge in [-0.2, -0.15) is 0 Å². The average Bonchev–Trinajstić information content (AvgIpc) is 2.36. The Kier molecular flexibility index (Phi) is 6.17. The maximum atomic E-state index is 11.2. The molecule has 0 amide bonds. The molecule has 16 heteroatoms. The first kappa shape index (κ1) is 21.4. The Bertz CT molecular complexity index is 554. The second kappa shape index (κ2) is 6.91. The number of nitro groups is 4. The predicted molar refractivity (Wildman–Crippen MR) is 76.2 cm³/mol. The summed E-state index contributed by atoms with van der Waals surface area (Å²) in [5.41, 5.74) is 13.3. The van der Waals surface area contributed by atoms with Gasteiger partial charge in [0.2, 0.25) is 0 Å². The first-order valence-corrected chi connectivity index (χ1v) is 6.26. The second-order valence-electron chi connectivity index (χ2n) is 5.75. The van der Waals surface area contributed by atoms with Crippen LogP contribution in [0.5, 0.6) is 0 Å². The summed E-state index contributed by atoms with van der Waals surface area (Å²) in [6.07, 6.45) is -5.45. The summed E-state index contributed by atoms with van der Waals surface area (Å²) in [5, 5.41) is 43.7. The highest BCUT2D eigenvalue weighted by molar-refractivity contribution is 4.89. The summed E-state index contributed by atoms with van der Waals surface area (Å²) in [6, 6.07) is 0. The highest BCUT2D eigenvalue weighted by Crippen LogP contribution is 2.28. The van der Waals surface area contributed by atoms with Gasteiger partial charge in [-0.05, 0) is 0 Å². The quantitative estimate of drug-likeness (QED) is 0.180. The van der Waals surface area contributed by atoms with Gasteiger partial charge in [-0.25, -0.2) is 0 Å². The van der Waals surface area contributed by atoms with Crippen LogP contribution in [-0.4, -0.2) is 42.8 Å². The third-order valence-electron chi connectivity index (χ3n) is 3.25. The average molecular weight is 354 g/mol. The molecule has 138 valence electrons. The molecule has 0 aliphatic heterocycles. The van der Waals surface area contributed by atoms with E-state index in [1.54, 1.807) is 0 Å². The molecule has 16 nitrogen and oxygen atoms in total. The fourth-order valence-corrected chi connectivity index (χ4v) is 2.05. The van der Waals surface area contributed by atoms with Crippen molar-refractivity contribution in [1.82, 2.24) is 0 Å². The van der Waals surface area contributed by atoms with Gasteiger partial charge >= 0.3 is 0 Å². The van der Waals surface area contributed by atoms with Crippen LogP contribution in [0.4, 0.5) is 0 Å². The van der Waals surface area contributed by atoms with E-state index in [1.807, 2.05) is 0 Å². The normalized spacial score (nSPS) is 20.0. The van der Waals surface area contributed by atoms with E-state index in [1.165, 1.54) is 0 Å². The summed E-state index contributed by atoms with van der Waals surface area (Å²) < 4.78 is 0. The third kappa shape index (κ3) is 4.98. The van der Waals surface area contributed by atoms with Crippen LogP contribution in [0.25, 0.3) is 0 Å². The van der Waals surface area contributed by atoms with Gasteiger partial charge in [-0.15, -0.1) is 0 Å². The minimum absolute atomic E-state index is 0.825. The maximum absolute atomic E-state index is 11.2. The molecule has 0 aromatic heterocycles. The molecule has 0 heterocycles. The van der Waals surface area contributed by atoms with Gasteiger partial charge in [0.05, 0.1) is 0 Å². The molecule has 0 rings (SSSR count). The summed E-state index contributed by atoms with van der Waals surface area (Å²) in [6.45, 7) is 0.825. The van der Waals surface area contributed by atoms with Crippen molar-refractivity contribution in [3.63, 3.8) is 0 Å². The molecule has 0 bridgehead atoms. The number of nitrogens with zero attached hydrogens (tertiary/aromatic N) is 4. The largest absolute Gasteiger partial charge is 0.289 e. The number of nitrogens with two attached hydrogens (primary N) is 4. The van der Waals surface area contributed by atoms with E-state index in [-0.39, 0.29) is 0 Å². The Morgan fingerprint density at radius 2 is 1.25 bits per heavy atom. The van der Waals surface area contributed by atoms with E-state index in [2.05, 4.69) is 0 Å². The zero-order valence-corrected chi connectivity index (χ0v) is 12.6. The fraction of sp³-hybridized carbons (Fsp3) is 1.00. The van der Waals surface area contributed by atoms with Crippen molar-refractivity contribution in [3.05, 3.63) is 40.5 Å². The van der Waals surface area contributed by atoms with Crippen molar-refractivity contribution < 1.29 is 19.7 Å². The minimum Gasteiger partial charge on any atom is -0.268 e. The molecule has 0 fully saturated rings. The van der Waals surface area contributed by atoms with Gasteiger partial charge in [-0.1, -0.05) is 0 Å². The molecule has 0 spiro atoms. The number of hydrogen-bond acceptors (Lipinski definition) is 12. The molecule has 0 aliphatic carbocycles. The molecule has 0 saturated heterocycles. The topological polar surface area (TPSA) is 277 Å². The standard InChI is InChI=1S/C8H18N8O8/c1-6(10,14(19)20)3-8(12,16(23)24)4-7(11,15(21)22)2-5(9)13(17)18/h5H,2-4,9-12H2,1H3. The van der Waals surface area contributed by atoms with Crippen LogP contribution >= 0.6 is 0 Å². The summed E-state index contributed by atoms with van der Waals surface area (Å²) in [5.74, 6) is 0. The van der Waals surface area contributed by atoms with Crippen LogP contribution in [0.1, 0.15) is 26.2 Å². The second-order valence-corrected chi connectivity index (χ2v) is 5.75. The van der Waals surface area contributed by atoms with Crippen molar-refractivity contribution in [2.75, 3.05) is 0 Å². The van der Waals surface area contributed by atoms with Gasteiger partial charge in [0.15, 0.2) is 0 Å². The number of rotatable bonds is 10. The molecule has 8 N–H and O–H groups in total. The number of hydrogen-bond donors (Lipinski definition) is 4. The van der Waals surface area contributed by atoms with Gasteiger partial charge in [0.25, 0.3) is 23.2 Å². The Hall–Kier alpha value is -2.56. The first-order valence-electron chi connectivity index (χ1n) is 6.26. The summed E-state index contributed by atoms with van der Waals surface area (Å²) >= 11 is 0. The van der Waals surface area contributed by atoms with E-state index < -0.39 is 62.1 Å². The summed E-state index contributed by atoms with van der Waals surface area (Å²) in [4.78, 5) is 39.2. The van der Waals surface area contributed by atoms with Gasteiger partial charge in [-0.3, -0.25) is 63.4 Å². The maximum Gasteiger partial charge on any atom is 0.289 e. The molecular weight excluding hydrogens is 336 g/mol. The van der Waals surface area contributed by atoms with Crippen LogP contribution in [0.2, 0.25) is 0 Å². The van der Waals surface area contributed by atoms with Crippen molar-refractivity contribution >= 4 is 0 Å². The Balaban J connectivity index is 5.74. The lowest BCUT2D eigenvalue weighted by Gasteiger charge is -2.30. The lowest BCUT2D eigenvalue weighted by Crippen LogP contribution is -2.65. The molecule has 0 aromatic rings. The zero-order chi connectivity index (χ0) is 19.5. The van der Waals surface area contributed by atoms with Gasteiger partial charge < -0.3 is 0 Å². The van der Waals surface area contributed by atoms with Crippen LogP contribution in [0.15, 0.2) is 0 Å². The lowest BCUT2D eigenvalue weighted by atomic mass is 9.87. The van der Waals surface area contributed by atoms with Crippen LogP contribution in [0, 0.1) is 40.5 Å². The Labute approximate surface area is 133 Å². The molecule has 4 atom stereocenters. The molecule has 4 unspecified atom stereocenters. The van der Waals surface area contributed by atoms with Crippen LogP contribution in [-0.2, 0) is 0 Å². The minimum atomic E-state index is -2.78. The van der Waals surface area contributed by atoms with E-state index in [0.717, 1.165) is 6.92 Å². The molecule has 0 aliphatic rings. The van der Waals surface area contributed by atoms with Crippen molar-refractivity contribution in [3.8, 4) is 0 Å². The van der Waals surface area contributed by atoms with Crippen molar-refractivity contribution in [2.24, 2.45) is 22.9 Å². The molecule has 0 radical (unpaired) electrons. The van der Waals surface area contributed by atoms with Crippen LogP contribution in [0.3, 0.4) is 0 Å². The Morgan fingerprint density at radius 1 is 0.833 bits per heavy atom. The molecule has 24 heavy (non-hydrogen) atoms. The predicted octanol–water partition coefficient (Wildman–Crippen LogP) is -2.47. The van der Waals surface area contributed by atoms with Gasteiger partial charge in [0.1, 0.15) is 19.3 Å². The monoisotopic (exact) mass is 354 g/mol. The molecule has 0 aromatic carbocycles. The zero-order valence-electron chi connectivity index (χ0n) is 12.6. The lowest BCUT2D eigenvalue weighted by molar-refractivity contribution is -0.638. The van der Waals surface area contributed by atoms with E-state index in [4.69, 9.17) is 22.9 Å². The van der Waals surface area contributed by atoms with E-state index in [9.17, 15) is 40.5 Å². The summed E-state index contributed by atoms with van der Waals surface area (Å²) in [7, 11) is 0. The van der Waals surface area contributed by atoms with E-state index in [0.29, 0.717) is 0 Å². The highest BCUT2D eigenvalue weighted by Gasteiger charge is 2.58. The van der Waals surface area contributed by atoms with E-state index >= 15 is 0 Å². The molecular formula is C8H18N8O8. The molecule has 0 saturated carbocycles. The third-order valence-corrected chi connectivity index (χ3v) is 3.25. The van der Waals surface area contributed by atoms with Crippen molar-refractivity contribution in [1.29, 1.82) is 0 Å². The van der Waals surface area contributed by atoms with Gasteiger partial charge in [0, 0.05) is 26.6 Å². The smallest absolute Gasteiger partial charge is 0.268 e. The first-order chi connectivity index (χ1) is 10.6. The highest BCUT2D eigenvalue weighted by atomic mass is 16.7.